The fourth-order valence-electron chi connectivity index (χ4n) is 3.87. The van der Waals surface area contributed by atoms with Gasteiger partial charge in [0.25, 0.3) is 0 Å². The SMILES string of the molecule is O=C(/C=C/c1ccc(F)cc1)Nc1ccc2c(c1)CCN(C1CCC1)CC2. The van der Waals surface area contributed by atoms with Gasteiger partial charge in [-0.1, -0.05) is 24.6 Å². The number of carbonyl (C=O) groups excluding carboxylic acids is 1. The van der Waals surface area contributed by atoms with Crippen LogP contribution in [0.4, 0.5) is 10.1 Å². The third-order valence-corrected chi connectivity index (χ3v) is 5.70. The van der Waals surface area contributed by atoms with Crippen LogP contribution in [-0.4, -0.2) is 29.9 Å². The van der Waals surface area contributed by atoms with Gasteiger partial charge in [-0.15, -0.1) is 0 Å². The Morgan fingerprint density at radius 3 is 2.48 bits per heavy atom. The van der Waals surface area contributed by atoms with Gasteiger partial charge >= 0.3 is 0 Å². The molecule has 0 bridgehead atoms. The van der Waals surface area contributed by atoms with Crippen molar-refractivity contribution in [3.8, 4) is 0 Å². The van der Waals surface area contributed by atoms with Gasteiger partial charge in [-0.25, -0.2) is 4.39 Å². The quantitative estimate of drug-likeness (QED) is 0.814. The van der Waals surface area contributed by atoms with Crippen LogP contribution in [0.3, 0.4) is 0 Å². The minimum atomic E-state index is -0.280. The van der Waals surface area contributed by atoms with Crippen LogP contribution in [0, 0.1) is 5.82 Å². The molecule has 1 heterocycles. The summed E-state index contributed by atoms with van der Waals surface area (Å²) in [5.74, 6) is -0.457. The highest BCUT2D eigenvalue weighted by atomic mass is 19.1. The Morgan fingerprint density at radius 1 is 1.04 bits per heavy atom. The summed E-state index contributed by atoms with van der Waals surface area (Å²) in [5.41, 5.74) is 4.37. The number of halogens is 1. The zero-order chi connectivity index (χ0) is 18.6. The number of anilines is 1. The molecule has 140 valence electrons. The second-order valence-corrected chi connectivity index (χ2v) is 7.48. The fraction of sp³-hybridized carbons (Fsp3) is 0.348. The van der Waals surface area contributed by atoms with Gasteiger partial charge in [0.05, 0.1) is 0 Å². The van der Waals surface area contributed by atoms with Crippen LogP contribution >= 0.6 is 0 Å². The predicted octanol–water partition coefficient (Wildman–Crippen LogP) is 4.43. The number of hydrogen-bond acceptors (Lipinski definition) is 2. The molecule has 27 heavy (non-hydrogen) atoms. The van der Waals surface area contributed by atoms with Crippen molar-refractivity contribution in [2.24, 2.45) is 0 Å². The molecule has 0 spiro atoms. The van der Waals surface area contributed by atoms with E-state index in [1.165, 1.54) is 48.6 Å². The molecule has 2 aliphatic rings. The summed E-state index contributed by atoms with van der Waals surface area (Å²) >= 11 is 0. The molecular weight excluding hydrogens is 339 g/mol. The Labute approximate surface area is 159 Å². The number of nitrogens with zero attached hydrogens (tertiary/aromatic N) is 1. The van der Waals surface area contributed by atoms with Crippen molar-refractivity contribution in [1.82, 2.24) is 4.90 Å². The first-order chi connectivity index (χ1) is 13.2. The van der Waals surface area contributed by atoms with Crippen molar-refractivity contribution in [1.29, 1.82) is 0 Å². The summed E-state index contributed by atoms with van der Waals surface area (Å²) in [6.45, 7) is 2.25. The Hall–Kier alpha value is -2.46. The van der Waals surface area contributed by atoms with E-state index >= 15 is 0 Å². The number of benzene rings is 2. The maximum Gasteiger partial charge on any atom is 0.248 e. The molecule has 3 nitrogen and oxygen atoms in total. The average Bonchev–Trinajstić information content (AvgIpc) is 2.82. The van der Waals surface area contributed by atoms with E-state index in [1.54, 1.807) is 18.2 Å². The summed E-state index contributed by atoms with van der Waals surface area (Å²) in [4.78, 5) is 14.8. The second kappa shape index (κ2) is 8.05. The van der Waals surface area contributed by atoms with Crippen molar-refractivity contribution in [3.63, 3.8) is 0 Å². The highest BCUT2D eigenvalue weighted by molar-refractivity contribution is 6.02. The predicted molar refractivity (Wildman–Crippen MR) is 107 cm³/mol. The van der Waals surface area contributed by atoms with Crippen LogP contribution in [0.5, 0.6) is 0 Å². The number of fused-ring (bicyclic) bond motifs is 1. The summed E-state index contributed by atoms with van der Waals surface area (Å²) in [7, 11) is 0. The number of carbonyl (C=O) groups is 1. The molecule has 4 heteroatoms. The average molecular weight is 364 g/mol. The third kappa shape index (κ3) is 4.45. The maximum absolute atomic E-state index is 12.9. The van der Waals surface area contributed by atoms with Crippen molar-refractivity contribution in [2.45, 2.75) is 38.1 Å². The van der Waals surface area contributed by atoms with Crippen LogP contribution in [-0.2, 0) is 17.6 Å². The van der Waals surface area contributed by atoms with Gasteiger partial charge in [0.1, 0.15) is 5.82 Å². The lowest BCUT2D eigenvalue weighted by Crippen LogP contribution is -2.41. The smallest absolute Gasteiger partial charge is 0.248 e. The molecule has 1 aliphatic heterocycles. The normalized spacial score (nSPS) is 18.0. The van der Waals surface area contributed by atoms with E-state index in [-0.39, 0.29) is 11.7 Å². The summed E-state index contributed by atoms with van der Waals surface area (Å²) in [6, 6.07) is 13.1. The van der Waals surface area contributed by atoms with Gasteiger partial charge in [0.15, 0.2) is 0 Å². The van der Waals surface area contributed by atoms with E-state index in [0.717, 1.165) is 43.2 Å². The molecule has 1 aliphatic carbocycles. The minimum Gasteiger partial charge on any atom is -0.323 e. The molecule has 1 saturated carbocycles. The molecule has 1 N–H and O–H groups in total. The standard InChI is InChI=1S/C23H25FN2O/c24-20-8-4-17(5-9-20)6-11-23(27)25-21-10-7-18-12-14-26(22-2-1-3-22)15-13-19(18)16-21/h4-11,16,22H,1-3,12-15H2,(H,25,27)/b11-6+. The van der Waals surface area contributed by atoms with E-state index in [0.29, 0.717) is 0 Å². The molecule has 0 aromatic heterocycles. The fourth-order valence-corrected chi connectivity index (χ4v) is 3.87. The highest BCUT2D eigenvalue weighted by Gasteiger charge is 2.26. The molecule has 0 atom stereocenters. The minimum absolute atomic E-state index is 0.177. The number of nitrogens with one attached hydrogen (secondary N) is 1. The summed E-state index contributed by atoms with van der Waals surface area (Å²) < 4.78 is 12.9. The molecule has 2 aromatic carbocycles. The zero-order valence-electron chi connectivity index (χ0n) is 15.5. The Bertz CT molecular complexity index is 840. The molecular formula is C23H25FN2O. The van der Waals surface area contributed by atoms with Crippen LogP contribution in [0.25, 0.3) is 6.08 Å². The topological polar surface area (TPSA) is 32.3 Å². The molecule has 1 fully saturated rings. The van der Waals surface area contributed by atoms with E-state index in [2.05, 4.69) is 22.3 Å². The van der Waals surface area contributed by atoms with Gasteiger partial charge in [0.2, 0.25) is 5.91 Å². The first kappa shape index (κ1) is 17.9. The Balaban J connectivity index is 1.38. The Morgan fingerprint density at radius 2 is 1.78 bits per heavy atom. The lowest BCUT2D eigenvalue weighted by atomic mass is 9.91. The van der Waals surface area contributed by atoms with Gasteiger partial charge in [0, 0.05) is 30.9 Å². The lowest BCUT2D eigenvalue weighted by molar-refractivity contribution is -0.111. The van der Waals surface area contributed by atoms with Crippen molar-refractivity contribution >= 4 is 17.7 Å². The maximum atomic E-state index is 12.9. The third-order valence-electron chi connectivity index (χ3n) is 5.70. The molecule has 0 saturated heterocycles. The largest absolute Gasteiger partial charge is 0.323 e. The van der Waals surface area contributed by atoms with Gasteiger partial charge < -0.3 is 5.32 Å². The molecule has 1 amide bonds. The molecule has 0 radical (unpaired) electrons. The van der Waals surface area contributed by atoms with Crippen LogP contribution in [0.1, 0.15) is 36.0 Å². The second-order valence-electron chi connectivity index (χ2n) is 7.48. The zero-order valence-corrected chi connectivity index (χ0v) is 15.5. The number of hydrogen-bond donors (Lipinski definition) is 1. The molecule has 0 unspecified atom stereocenters. The van der Waals surface area contributed by atoms with E-state index in [9.17, 15) is 9.18 Å². The first-order valence-corrected chi connectivity index (χ1v) is 9.78. The van der Waals surface area contributed by atoms with Crippen molar-refractivity contribution < 1.29 is 9.18 Å². The molecule has 4 rings (SSSR count). The lowest BCUT2D eigenvalue weighted by Gasteiger charge is -2.36. The van der Waals surface area contributed by atoms with E-state index in [4.69, 9.17) is 0 Å². The Kier molecular flexibility index (Phi) is 5.35. The first-order valence-electron chi connectivity index (χ1n) is 9.78. The van der Waals surface area contributed by atoms with Gasteiger partial charge in [-0.3, -0.25) is 9.69 Å². The van der Waals surface area contributed by atoms with Gasteiger partial charge in [-0.05, 0) is 72.7 Å². The summed E-state index contributed by atoms with van der Waals surface area (Å²) in [5, 5.41) is 2.94. The monoisotopic (exact) mass is 364 g/mol. The highest BCUT2D eigenvalue weighted by Crippen LogP contribution is 2.28. The van der Waals surface area contributed by atoms with Crippen LogP contribution < -0.4 is 5.32 Å². The number of amides is 1. The van der Waals surface area contributed by atoms with Gasteiger partial charge in [-0.2, -0.15) is 0 Å². The molecule has 2 aromatic rings. The number of rotatable bonds is 4. The van der Waals surface area contributed by atoms with E-state index in [1.807, 2.05) is 6.07 Å². The van der Waals surface area contributed by atoms with Crippen molar-refractivity contribution in [2.75, 3.05) is 18.4 Å². The summed E-state index contributed by atoms with van der Waals surface area (Å²) in [6.07, 6.45) is 9.36. The van der Waals surface area contributed by atoms with Crippen LogP contribution in [0.2, 0.25) is 0 Å². The van der Waals surface area contributed by atoms with E-state index < -0.39 is 0 Å². The van der Waals surface area contributed by atoms with Crippen LogP contribution in [0.15, 0.2) is 48.5 Å². The van der Waals surface area contributed by atoms with Crippen molar-refractivity contribution in [3.05, 3.63) is 71.0 Å².